The minimum atomic E-state index is 0.225. The highest BCUT2D eigenvalue weighted by molar-refractivity contribution is 5.76. The molecule has 1 aromatic carbocycles. The number of hydrogen-bond acceptors (Lipinski definition) is 5. The van der Waals surface area contributed by atoms with Crippen LogP contribution in [0, 0.1) is 19.8 Å². The molecular weight excluding hydrogens is 412 g/mol. The molecule has 0 N–H and O–H groups in total. The Labute approximate surface area is 199 Å². The molecule has 1 amide bonds. The van der Waals surface area contributed by atoms with Gasteiger partial charge in [-0.25, -0.2) is 9.97 Å². The molecule has 180 valence electrons. The molecule has 1 aliphatic heterocycles. The highest BCUT2D eigenvalue weighted by atomic mass is 16.5. The van der Waals surface area contributed by atoms with Gasteiger partial charge in [-0.05, 0) is 30.9 Å². The number of nitrogens with zero attached hydrogens (tertiary/aromatic N) is 4. The molecule has 0 radical (unpaired) electrons. The number of ether oxygens (including phenoxy) is 1. The fourth-order valence-electron chi connectivity index (χ4n) is 4.32. The molecule has 6 nitrogen and oxygen atoms in total. The summed E-state index contributed by atoms with van der Waals surface area (Å²) in [5.41, 5.74) is 5.91. The van der Waals surface area contributed by atoms with E-state index >= 15 is 0 Å². The Morgan fingerprint density at radius 3 is 2.36 bits per heavy atom. The van der Waals surface area contributed by atoms with E-state index < -0.39 is 0 Å². The van der Waals surface area contributed by atoms with E-state index in [9.17, 15) is 4.79 Å². The summed E-state index contributed by atoms with van der Waals surface area (Å²) in [6.45, 7) is 16.2. The van der Waals surface area contributed by atoms with Crippen LogP contribution in [0.3, 0.4) is 0 Å². The first-order valence-electron chi connectivity index (χ1n) is 12.2. The normalized spacial score (nSPS) is 14.5. The molecule has 2 aromatic rings. The third-order valence-electron chi connectivity index (χ3n) is 6.27. The zero-order valence-electron chi connectivity index (χ0n) is 21.4. The quantitative estimate of drug-likeness (QED) is 0.584. The average molecular weight is 453 g/mol. The Morgan fingerprint density at radius 1 is 1.06 bits per heavy atom. The highest BCUT2D eigenvalue weighted by Crippen LogP contribution is 2.29. The number of rotatable bonds is 8. The van der Waals surface area contributed by atoms with Gasteiger partial charge < -0.3 is 14.5 Å². The Hall–Kier alpha value is -2.47. The van der Waals surface area contributed by atoms with Gasteiger partial charge in [0.1, 0.15) is 11.6 Å². The van der Waals surface area contributed by atoms with Crippen LogP contribution in [-0.4, -0.2) is 54.1 Å². The summed E-state index contributed by atoms with van der Waals surface area (Å²) in [5.74, 6) is 2.71. The zero-order valence-corrected chi connectivity index (χ0v) is 21.4. The van der Waals surface area contributed by atoms with Crippen LogP contribution in [0.5, 0.6) is 0 Å². The third-order valence-corrected chi connectivity index (χ3v) is 6.27. The van der Waals surface area contributed by atoms with Crippen LogP contribution in [-0.2, 0) is 22.6 Å². The van der Waals surface area contributed by atoms with Gasteiger partial charge in [0.05, 0.1) is 12.3 Å². The van der Waals surface area contributed by atoms with Crippen molar-refractivity contribution in [1.29, 1.82) is 0 Å². The van der Waals surface area contributed by atoms with Crippen molar-refractivity contribution in [2.24, 2.45) is 5.92 Å². The molecule has 6 heteroatoms. The molecule has 0 spiro atoms. The lowest BCUT2D eigenvalue weighted by Gasteiger charge is -2.37. The molecular formula is C27H40N4O2. The second kappa shape index (κ2) is 11.1. The number of piperazine rings is 1. The van der Waals surface area contributed by atoms with E-state index in [1.807, 2.05) is 4.90 Å². The van der Waals surface area contributed by atoms with Crippen LogP contribution in [0.15, 0.2) is 18.2 Å². The number of methoxy groups -OCH3 is 1. The van der Waals surface area contributed by atoms with Crippen molar-refractivity contribution in [2.75, 3.05) is 38.2 Å². The maximum atomic E-state index is 12.6. The fraction of sp³-hybridized carbons (Fsp3) is 0.593. The third kappa shape index (κ3) is 6.32. The fourth-order valence-corrected chi connectivity index (χ4v) is 4.32. The molecule has 1 aromatic heterocycles. The van der Waals surface area contributed by atoms with E-state index in [2.05, 4.69) is 64.6 Å². The topological polar surface area (TPSA) is 58.6 Å². The standard InChI is InChI=1S/C27H40N4O2/c1-18(2)14-25(32)30-10-12-31(13-11-30)27-23(16-22-15-20(5)8-9-21(22)6)24(17-33-7)28-26(29-27)19(3)4/h8-9,15,18-19H,10-14,16-17H2,1-7H3. The highest BCUT2D eigenvalue weighted by Gasteiger charge is 2.26. The summed E-state index contributed by atoms with van der Waals surface area (Å²) in [6.07, 6.45) is 1.38. The molecule has 33 heavy (non-hydrogen) atoms. The maximum absolute atomic E-state index is 12.6. The summed E-state index contributed by atoms with van der Waals surface area (Å²) in [5, 5.41) is 0. The lowest BCUT2D eigenvalue weighted by atomic mass is 9.97. The first-order valence-corrected chi connectivity index (χ1v) is 12.2. The van der Waals surface area contributed by atoms with Crippen molar-refractivity contribution >= 4 is 11.7 Å². The number of carbonyl (C=O) groups excluding carboxylic acids is 1. The van der Waals surface area contributed by atoms with Crippen LogP contribution in [0.4, 0.5) is 5.82 Å². The number of amides is 1. The van der Waals surface area contributed by atoms with Crippen LogP contribution < -0.4 is 4.90 Å². The predicted octanol–water partition coefficient (Wildman–Crippen LogP) is 4.65. The Balaban J connectivity index is 1.96. The minimum Gasteiger partial charge on any atom is -0.378 e. The Morgan fingerprint density at radius 2 is 1.76 bits per heavy atom. The van der Waals surface area contributed by atoms with Crippen LogP contribution in [0.1, 0.15) is 73.8 Å². The van der Waals surface area contributed by atoms with Crippen molar-refractivity contribution in [2.45, 2.75) is 66.9 Å². The average Bonchev–Trinajstić information content (AvgIpc) is 2.77. The summed E-state index contributed by atoms with van der Waals surface area (Å²) in [7, 11) is 1.72. The molecule has 0 atom stereocenters. The number of hydrogen-bond donors (Lipinski definition) is 0. The van der Waals surface area contributed by atoms with Crippen molar-refractivity contribution in [3.05, 3.63) is 52.0 Å². The first kappa shape index (κ1) is 25.2. The summed E-state index contributed by atoms with van der Waals surface area (Å²) in [4.78, 5) is 26.9. The lowest BCUT2D eigenvalue weighted by Crippen LogP contribution is -2.49. The van der Waals surface area contributed by atoms with E-state index in [4.69, 9.17) is 14.7 Å². The number of benzene rings is 1. The van der Waals surface area contributed by atoms with Crippen molar-refractivity contribution in [3.8, 4) is 0 Å². The molecule has 1 saturated heterocycles. The minimum absolute atomic E-state index is 0.225. The Bertz CT molecular complexity index is 963. The molecule has 1 fully saturated rings. The van der Waals surface area contributed by atoms with Gasteiger partial charge in [0.15, 0.2) is 0 Å². The van der Waals surface area contributed by atoms with Gasteiger partial charge in [-0.2, -0.15) is 0 Å². The van der Waals surface area contributed by atoms with Crippen LogP contribution in [0.25, 0.3) is 0 Å². The number of aromatic nitrogens is 2. The smallest absolute Gasteiger partial charge is 0.222 e. The van der Waals surface area contributed by atoms with Gasteiger partial charge >= 0.3 is 0 Å². The van der Waals surface area contributed by atoms with Gasteiger partial charge in [-0.3, -0.25) is 4.79 Å². The summed E-state index contributed by atoms with van der Waals surface area (Å²) >= 11 is 0. The van der Waals surface area contributed by atoms with Crippen LogP contribution in [0.2, 0.25) is 0 Å². The maximum Gasteiger partial charge on any atom is 0.222 e. The molecule has 0 unspecified atom stereocenters. The summed E-state index contributed by atoms with van der Waals surface area (Å²) in [6, 6.07) is 6.60. The molecule has 2 heterocycles. The van der Waals surface area contributed by atoms with Crippen molar-refractivity contribution in [1.82, 2.24) is 14.9 Å². The van der Waals surface area contributed by atoms with E-state index in [-0.39, 0.29) is 11.8 Å². The first-order chi connectivity index (χ1) is 15.7. The zero-order chi connectivity index (χ0) is 24.1. The number of carbonyl (C=O) groups is 1. The molecule has 0 aliphatic carbocycles. The SMILES string of the molecule is COCc1nc(C(C)C)nc(N2CCN(C(=O)CC(C)C)CC2)c1Cc1cc(C)ccc1C. The number of aryl methyl sites for hydroxylation is 2. The van der Waals surface area contributed by atoms with Crippen LogP contribution >= 0.6 is 0 Å². The Kier molecular flexibility index (Phi) is 8.46. The van der Waals surface area contributed by atoms with E-state index in [1.54, 1.807) is 7.11 Å². The number of anilines is 1. The van der Waals surface area contributed by atoms with Crippen molar-refractivity contribution < 1.29 is 9.53 Å². The van der Waals surface area contributed by atoms with Gasteiger partial charge in [0.25, 0.3) is 0 Å². The second-order valence-electron chi connectivity index (χ2n) is 9.99. The van der Waals surface area contributed by atoms with E-state index in [1.165, 1.54) is 16.7 Å². The monoisotopic (exact) mass is 452 g/mol. The van der Waals surface area contributed by atoms with Gasteiger partial charge in [-0.1, -0.05) is 51.5 Å². The largest absolute Gasteiger partial charge is 0.378 e. The van der Waals surface area contributed by atoms with E-state index in [0.717, 1.165) is 55.5 Å². The molecule has 3 rings (SSSR count). The summed E-state index contributed by atoms with van der Waals surface area (Å²) < 4.78 is 5.56. The van der Waals surface area contributed by atoms with E-state index in [0.29, 0.717) is 18.9 Å². The predicted molar refractivity (Wildman–Crippen MR) is 134 cm³/mol. The molecule has 0 saturated carbocycles. The second-order valence-corrected chi connectivity index (χ2v) is 9.99. The molecule has 0 bridgehead atoms. The van der Waals surface area contributed by atoms with Gasteiger partial charge in [0, 0.05) is 57.6 Å². The molecule has 1 aliphatic rings. The lowest BCUT2D eigenvalue weighted by molar-refractivity contribution is -0.132. The van der Waals surface area contributed by atoms with Gasteiger partial charge in [-0.15, -0.1) is 0 Å². The van der Waals surface area contributed by atoms with Gasteiger partial charge in [0.2, 0.25) is 5.91 Å². The van der Waals surface area contributed by atoms with Crippen molar-refractivity contribution in [3.63, 3.8) is 0 Å².